The molecule has 1 saturated carbocycles. The Morgan fingerprint density at radius 2 is 1.95 bits per heavy atom. The molecule has 0 heterocycles. The van der Waals surface area contributed by atoms with E-state index >= 15 is 0 Å². The largest absolute Gasteiger partial charge is 0.497 e. The molecule has 1 N–H and O–H groups in total. The first-order valence-electron chi connectivity index (χ1n) is 7.91. The van der Waals surface area contributed by atoms with Crippen LogP contribution in [0.25, 0.3) is 0 Å². The Hall–Kier alpha value is -1.91. The maximum absolute atomic E-state index is 5.74. The minimum Gasteiger partial charge on any atom is -0.497 e. The molecule has 0 aliphatic heterocycles. The molecule has 2 rings (SSSR count). The van der Waals surface area contributed by atoms with Crippen LogP contribution in [0.3, 0.4) is 0 Å². The minimum absolute atomic E-state index is 0.617. The van der Waals surface area contributed by atoms with Gasteiger partial charge >= 0.3 is 0 Å². The van der Waals surface area contributed by atoms with E-state index in [0.717, 1.165) is 36.5 Å². The Morgan fingerprint density at radius 1 is 1.27 bits per heavy atom. The van der Waals surface area contributed by atoms with Gasteiger partial charge < -0.3 is 19.7 Å². The predicted octanol–water partition coefficient (Wildman–Crippen LogP) is 2.38. The lowest BCUT2D eigenvalue weighted by molar-refractivity contribution is 0.281. The third kappa shape index (κ3) is 5.47. The fraction of sp³-hybridized carbons (Fsp3) is 0.588. The molecule has 0 saturated heterocycles. The SMILES string of the molecule is CN=C(NCCC1CC1)N(C)CCOc1ccc(OC)cc1. The normalized spacial score (nSPS) is 14.6. The molecule has 1 fully saturated rings. The van der Waals surface area contributed by atoms with Gasteiger partial charge in [0, 0.05) is 20.6 Å². The van der Waals surface area contributed by atoms with Gasteiger partial charge in [-0.25, -0.2) is 0 Å². The second-order valence-corrected chi connectivity index (χ2v) is 5.65. The number of nitrogens with zero attached hydrogens (tertiary/aromatic N) is 2. The van der Waals surface area contributed by atoms with Crippen LogP contribution >= 0.6 is 0 Å². The number of methoxy groups -OCH3 is 1. The van der Waals surface area contributed by atoms with Crippen LogP contribution < -0.4 is 14.8 Å². The number of nitrogens with one attached hydrogen (secondary N) is 1. The number of benzene rings is 1. The van der Waals surface area contributed by atoms with Crippen molar-refractivity contribution < 1.29 is 9.47 Å². The van der Waals surface area contributed by atoms with Crippen LogP contribution in [0.2, 0.25) is 0 Å². The van der Waals surface area contributed by atoms with E-state index in [2.05, 4.69) is 15.2 Å². The van der Waals surface area contributed by atoms with Crippen LogP contribution in [0.1, 0.15) is 19.3 Å². The van der Waals surface area contributed by atoms with Crippen molar-refractivity contribution in [1.29, 1.82) is 0 Å². The standard InChI is InChI=1S/C17H27N3O2/c1-18-17(19-11-10-14-4-5-14)20(2)12-13-22-16-8-6-15(21-3)7-9-16/h6-9,14H,4-5,10-13H2,1-3H3,(H,18,19). The summed E-state index contributed by atoms with van der Waals surface area (Å²) in [6.45, 7) is 2.41. The number of aliphatic imine (C=N–C) groups is 1. The zero-order valence-electron chi connectivity index (χ0n) is 13.8. The number of rotatable bonds is 8. The van der Waals surface area contributed by atoms with E-state index in [1.165, 1.54) is 19.3 Å². The fourth-order valence-electron chi connectivity index (χ4n) is 2.26. The van der Waals surface area contributed by atoms with Crippen LogP contribution in [-0.4, -0.2) is 51.8 Å². The van der Waals surface area contributed by atoms with Crippen LogP contribution in [-0.2, 0) is 0 Å². The summed E-state index contributed by atoms with van der Waals surface area (Å²) >= 11 is 0. The lowest BCUT2D eigenvalue weighted by Crippen LogP contribution is -2.41. The molecule has 5 heteroatoms. The Bertz CT molecular complexity index is 469. The summed E-state index contributed by atoms with van der Waals surface area (Å²) in [7, 11) is 5.51. The van der Waals surface area contributed by atoms with Gasteiger partial charge in [-0.15, -0.1) is 0 Å². The highest BCUT2D eigenvalue weighted by molar-refractivity contribution is 5.79. The summed E-state index contributed by atoms with van der Waals surface area (Å²) in [5.74, 6) is 3.56. The van der Waals surface area contributed by atoms with Gasteiger partial charge in [-0.05, 0) is 36.6 Å². The number of likely N-dealkylation sites (N-methyl/N-ethyl adjacent to an activating group) is 1. The first-order chi connectivity index (χ1) is 10.7. The van der Waals surface area contributed by atoms with Crippen molar-refractivity contribution in [1.82, 2.24) is 10.2 Å². The fourth-order valence-corrected chi connectivity index (χ4v) is 2.26. The summed E-state index contributed by atoms with van der Waals surface area (Å²) in [6, 6.07) is 7.64. The molecule has 0 atom stereocenters. The molecule has 5 nitrogen and oxygen atoms in total. The zero-order valence-corrected chi connectivity index (χ0v) is 13.8. The van der Waals surface area contributed by atoms with Crippen molar-refractivity contribution in [3.05, 3.63) is 24.3 Å². The van der Waals surface area contributed by atoms with Crippen LogP contribution in [0.5, 0.6) is 11.5 Å². The van der Waals surface area contributed by atoms with Gasteiger partial charge in [0.25, 0.3) is 0 Å². The summed E-state index contributed by atoms with van der Waals surface area (Å²) in [5, 5.41) is 3.41. The quantitative estimate of drug-likeness (QED) is 0.592. The highest BCUT2D eigenvalue weighted by Gasteiger charge is 2.20. The first-order valence-corrected chi connectivity index (χ1v) is 7.91. The van der Waals surface area contributed by atoms with Crippen molar-refractivity contribution in [2.75, 3.05) is 40.9 Å². The van der Waals surface area contributed by atoms with Crippen molar-refractivity contribution in [3.8, 4) is 11.5 Å². The average molecular weight is 305 g/mol. The van der Waals surface area contributed by atoms with Gasteiger partial charge in [-0.1, -0.05) is 12.8 Å². The summed E-state index contributed by atoms with van der Waals surface area (Å²) in [6.07, 6.45) is 4.03. The molecule has 1 aliphatic carbocycles. The molecule has 0 radical (unpaired) electrons. The van der Waals surface area contributed by atoms with Gasteiger partial charge in [0.15, 0.2) is 5.96 Å². The molecule has 22 heavy (non-hydrogen) atoms. The van der Waals surface area contributed by atoms with E-state index in [1.54, 1.807) is 7.11 Å². The van der Waals surface area contributed by atoms with Gasteiger partial charge in [0.05, 0.1) is 13.7 Å². The van der Waals surface area contributed by atoms with Gasteiger partial charge in [0.1, 0.15) is 18.1 Å². The van der Waals surface area contributed by atoms with Gasteiger partial charge in [0.2, 0.25) is 0 Å². The molecule has 1 aromatic carbocycles. The number of ether oxygens (including phenoxy) is 2. The van der Waals surface area contributed by atoms with E-state index < -0.39 is 0 Å². The third-order valence-corrected chi connectivity index (χ3v) is 3.86. The second-order valence-electron chi connectivity index (χ2n) is 5.65. The third-order valence-electron chi connectivity index (χ3n) is 3.86. The van der Waals surface area contributed by atoms with Gasteiger partial charge in [-0.2, -0.15) is 0 Å². The minimum atomic E-state index is 0.617. The highest BCUT2D eigenvalue weighted by Crippen LogP contribution is 2.31. The van der Waals surface area contributed by atoms with Gasteiger partial charge in [-0.3, -0.25) is 4.99 Å². The van der Waals surface area contributed by atoms with Crippen molar-refractivity contribution in [3.63, 3.8) is 0 Å². The Morgan fingerprint density at radius 3 is 2.55 bits per heavy atom. The number of guanidine groups is 1. The lowest BCUT2D eigenvalue weighted by atomic mass is 10.3. The molecular formula is C17H27N3O2. The second kappa shape index (κ2) is 8.51. The van der Waals surface area contributed by atoms with E-state index in [9.17, 15) is 0 Å². The Labute approximate surface area is 133 Å². The van der Waals surface area contributed by atoms with Crippen molar-refractivity contribution >= 4 is 5.96 Å². The van der Waals surface area contributed by atoms with Crippen LogP contribution in [0, 0.1) is 5.92 Å². The summed E-state index contributed by atoms with van der Waals surface area (Å²) < 4.78 is 10.9. The molecule has 0 aromatic heterocycles. The smallest absolute Gasteiger partial charge is 0.193 e. The highest BCUT2D eigenvalue weighted by atomic mass is 16.5. The molecule has 122 valence electrons. The zero-order chi connectivity index (χ0) is 15.8. The van der Waals surface area contributed by atoms with E-state index in [-0.39, 0.29) is 0 Å². The van der Waals surface area contributed by atoms with Crippen molar-refractivity contribution in [2.45, 2.75) is 19.3 Å². The molecular weight excluding hydrogens is 278 g/mol. The van der Waals surface area contributed by atoms with Crippen molar-refractivity contribution in [2.24, 2.45) is 10.9 Å². The molecule has 0 spiro atoms. The average Bonchev–Trinajstić information content (AvgIpc) is 3.36. The number of hydrogen-bond acceptors (Lipinski definition) is 3. The summed E-state index contributed by atoms with van der Waals surface area (Å²) in [4.78, 5) is 6.41. The molecule has 1 aliphatic rings. The maximum Gasteiger partial charge on any atom is 0.193 e. The van der Waals surface area contributed by atoms with Crippen LogP contribution in [0.4, 0.5) is 0 Å². The van der Waals surface area contributed by atoms with Crippen LogP contribution in [0.15, 0.2) is 29.3 Å². The Kier molecular flexibility index (Phi) is 6.37. The lowest BCUT2D eigenvalue weighted by Gasteiger charge is -2.22. The molecule has 1 aromatic rings. The summed E-state index contributed by atoms with van der Waals surface area (Å²) in [5.41, 5.74) is 0. The number of hydrogen-bond donors (Lipinski definition) is 1. The monoisotopic (exact) mass is 305 g/mol. The van der Waals surface area contributed by atoms with E-state index in [0.29, 0.717) is 6.61 Å². The topological polar surface area (TPSA) is 46.1 Å². The molecule has 0 bridgehead atoms. The van der Waals surface area contributed by atoms with E-state index in [1.807, 2.05) is 38.4 Å². The maximum atomic E-state index is 5.74. The molecule has 0 unspecified atom stereocenters. The molecule has 0 amide bonds. The predicted molar refractivity (Wildman–Crippen MR) is 89.8 cm³/mol. The van der Waals surface area contributed by atoms with E-state index in [4.69, 9.17) is 9.47 Å². The first kappa shape index (κ1) is 16.5. The Balaban J connectivity index is 1.66.